The van der Waals surface area contributed by atoms with E-state index in [9.17, 15) is 9.59 Å². The molecule has 2 amide bonds. The van der Waals surface area contributed by atoms with Crippen LogP contribution in [-0.2, 0) is 4.79 Å². The molecule has 144 valence electrons. The van der Waals surface area contributed by atoms with Crippen LogP contribution in [0.2, 0.25) is 0 Å². The minimum atomic E-state index is -0.252. The van der Waals surface area contributed by atoms with Gasteiger partial charge >= 0.3 is 0 Å². The first-order valence-electron chi connectivity index (χ1n) is 9.13. The summed E-state index contributed by atoms with van der Waals surface area (Å²) in [5, 5.41) is 3.31. The molecule has 3 rings (SSSR count). The zero-order valence-corrected chi connectivity index (χ0v) is 17.0. The van der Waals surface area contributed by atoms with Crippen LogP contribution >= 0.6 is 11.3 Å². The quantitative estimate of drug-likeness (QED) is 0.665. The average Bonchev–Trinajstić information content (AvgIpc) is 3.10. The Labute approximate surface area is 169 Å². The van der Waals surface area contributed by atoms with E-state index in [0.29, 0.717) is 10.7 Å². The van der Waals surface area contributed by atoms with Crippen LogP contribution in [0.1, 0.15) is 29.1 Å². The standard InChI is InChI=1S/C22H23N3O2S/c1-15(2)25(14-20(26)24-22-23-13-16(3)28-22)21(27)19-11-9-18(10-12-19)17-7-5-4-6-8-17/h4-13,15H,14H2,1-3H3,(H,23,24,26). The number of nitrogens with one attached hydrogen (secondary N) is 1. The van der Waals surface area contributed by atoms with Gasteiger partial charge in [-0.25, -0.2) is 4.98 Å². The second-order valence-corrected chi connectivity index (χ2v) is 8.03. The molecule has 2 aromatic carbocycles. The number of aromatic nitrogens is 1. The molecule has 1 aromatic heterocycles. The second kappa shape index (κ2) is 8.80. The lowest BCUT2D eigenvalue weighted by atomic mass is 10.0. The number of hydrogen-bond acceptors (Lipinski definition) is 4. The normalized spacial score (nSPS) is 10.7. The molecule has 0 spiro atoms. The van der Waals surface area contributed by atoms with Gasteiger partial charge in [-0.2, -0.15) is 0 Å². The number of nitrogens with zero attached hydrogens (tertiary/aromatic N) is 2. The van der Waals surface area contributed by atoms with Gasteiger partial charge in [0.25, 0.3) is 5.91 Å². The van der Waals surface area contributed by atoms with Gasteiger partial charge in [0.1, 0.15) is 6.54 Å². The van der Waals surface area contributed by atoms with Gasteiger partial charge in [-0.3, -0.25) is 9.59 Å². The van der Waals surface area contributed by atoms with Crippen molar-refractivity contribution in [2.24, 2.45) is 0 Å². The number of carbonyl (C=O) groups is 2. The van der Waals surface area contributed by atoms with Crippen LogP contribution in [0, 0.1) is 6.92 Å². The topological polar surface area (TPSA) is 62.3 Å². The highest BCUT2D eigenvalue weighted by atomic mass is 32.1. The Hall–Kier alpha value is -2.99. The molecule has 0 aliphatic carbocycles. The molecular formula is C22H23N3O2S. The molecule has 0 radical (unpaired) electrons. The van der Waals surface area contributed by atoms with Crippen molar-refractivity contribution in [1.82, 2.24) is 9.88 Å². The lowest BCUT2D eigenvalue weighted by Gasteiger charge is -2.26. The van der Waals surface area contributed by atoms with Crippen LogP contribution in [0.15, 0.2) is 60.8 Å². The highest BCUT2D eigenvalue weighted by molar-refractivity contribution is 7.15. The zero-order chi connectivity index (χ0) is 20.1. The van der Waals surface area contributed by atoms with E-state index < -0.39 is 0 Å². The molecule has 28 heavy (non-hydrogen) atoms. The molecule has 0 saturated carbocycles. The van der Waals surface area contributed by atoms with E-state index >= 15 is 0 Å². The third kappa shape index (κ3) is 4.84. The predicted octanol–water partition coefficient (Wildman–Crippen LogP) is 4.61. The first-order valence-corrected chi connectivity index (χ1v) is 9.94. The largest absolute Gasteiger partial charge is 0.327 e. The molecule has 0 aliphatic rings. The van der Waals surface area contributed by atoms with Crippen molar-refractivity contribution in [3.8, 4) is 11.1 Å². The van der Waals surface area contributed by atoms with Gasteiger partial charge in [0.05, 0.1) is 0 Å². The van der Waals surface area contributed by atoms with Crippen LogP contribution in [-0.4, -0.2) is 34.3 Å². The van der Waals surface area contributed by atoms with Crippen molar-refractivity contribution in [2.75, 3.05) is 11.9 Å². The molecule has 0 atom stereocenters. The molecule has 3 aromatic rings. The summed E-state index contributed by atoms with van der Waals surface area (Å²) >= 11 is 1.41. The Morgan fingerprint density at radius 3 is 2.25 bits per heavy atom. The molecule has 0 aliphatic heterocycles. The molecule has 1 heterocycles. The fourth-order valence-corrected chi connectivity index (χ4v) is 3.50. The van der Waals surface area contributed by atoms with Crippen molar-refractivity contribution in [2.45, 2.75) is 26.8 Å². The van der Waals surface area contributed by atoms with Crippen LogP contribution in [0.3, 0.4) is 0 Å². The van der Waals surface area contributed by atoms with Crippen molar-refractivity contribution >= 4 is 28.3 Å². The summed E-state index contributed by atoms with van der Waals surface area (Å²) in [6.07, 6.45) is 1.71. The SMILES string of the molecule is Cc1cnc(NC(=O)CN(C(=O)c2ccc(-c3ccccc3)cc2)C(C)C)s1. The van der Waals surface area contributed by atoms with Gasteiger partial charge in [0.2, 0.25) is 5.91 Å². The van der Waals surface area contributed by atoms with Gasteiger partial charge in [-0.15, -0.1) is 11.3 Å². The monoisotopic (exact) mass is 393 g/mol. The predicted molar refractivity (Wildman–Crippen MR) is 114 cm³/mol. The van der Waals surface area contributed by atoms with Gasteiger partial charge < -0.3 is 10.2 Å². The molecule has 0 saturated heterocycles. The molecule has 1 N–H and O–H groups in total. The molecular weight excluding hydrogens is 370 g/mol. The number of anilines is 1. The summed E-state index contributed by atoms with van der Waals surface area (Å²) in [6, 6.07) is 17.4. The second-order valence-electron chi connectivity index (χ2n) is 6.79. The van der Waals surface area contributed by atoms with E-state index in [2.05, 4.69) is 10.3 Å². The summed E-state index contributed by atoms with van der Waals surface area (Å²) in [7, 11) is 0. The fourth-order valence-electron chi connectivity index (χ4n) is 2.82. The van der Waals surface area contributed by atoms with Crippen LogP contribution in [0.5, 0.6) is 0 Å². The van der Waals surface area contributed by atoms with E-state index in [1.165, 1.54) is 11.3 Å². The van der Waals surface area contributed by atoms with Crippen molar-refractivity contribution in [3.05, 3.63) is 71.2 Å². The highest BCUT2D eigenvalue weighted by Gasteiger charge is 2.22. The minimum absolute atomic E-state index is 0.0183. The maximum atomic E-state index is 13.0. The maximum Gasteiger partial charge on any atom is 0.254 e. The average molecular weight is 394 g/mol. The van der Waals surface area contributed by atoms with Crippen LogP contribution < -0.4 is 5.32 Å². The first kappa shape index (κ1) is 19.8. The summed E-state index contributed by atoms with van der Waals surface area (Å²) in [4.78, 5) is 32.0. The van der Waals surface area contributed by atoms with Crippen LogP contribution in [0.4, 0.5) is 5.13 Å². The number of hydrogen-bond donors (Lipinski definition) is 1. The molecule has 5 nitrogen and oxygen atoms in total. The third-order valence-electron chi connectivity index (χ3n) is 4.30. The Bertz CT molecular complexity index is 949. The first-order chi connectivity index (χ1) is 13.4. The number of aryl methyl sites for hydroxylation is 1. The van der Waals surface area contributed by atoms with Crippen molar-refractivity contribution in [1.29, 1.82) is 0 Å². The molecule has 0 bridgehead atoms. The van der Waals surface area contributed by atoms with Gasteiger partial charge in [-0.05, 0) is 44.0 Å². The summed E-state index contributed by atoms with van der Waals surface area (Å²) < 4.78 is 0. The van der Waals surface area contributed by atoms with Crippen LogP contribution in [0.25, 0.3) is 11.1 Å². The Morgan fingerprint density at radius 2 is 1.68 bits per heavy atom. The number of benzene rings is 2. The molecule has 0 fully saturated rings. The van der Waals surface area contributed by atoms with Crippen molar-refractivity contribution in [3.63, 3.8) is 0 Å². The zero-order valence-electron chi connectivity index (χ0n) is 16.2. The summed E-state index contributed by atoms with van der Waals surface area (Å²) in [6.45, 7) is 5.71. The van der Waals surface area contributed by atoms with E-state index in [1.54, 1.807) is 11.1 Å². The van der Waals surface area contributed by atoms with Crippen molar-refractivity contribution < 1.29 is 9.59 Å². The lowest BCUT2D eigenvalue weighted by molar-refractivity contribution is -0.117. The highest BCUT2D eigenvalue weighted by Crippen LogP contribution is 2.20. The molecule has 0 unspecified atom stereocenters. The van der Waals surface area contributed by atoms with Gasteiger partial charge in [0.15, 0.2) is 5.13 Å². The van der Waals surface area contributed by atoms with E-state index in [-0.39, 0.29) is 24.4 Å². The minimum Gasteiger partial charge on any atom is -0.327 e. The van der Waals surface area contributed by atoms with E-state index in [1.807, 2.05) is 75.4 Å². The Kier molecular flexibility index (Phi) is 6.21. The number of carbonyl (C=O) groups excluding carboxylic acids is 2. The van der Waals surface area contributed by atoms with E-state index in [0.717, 1.165) is 16.0 Å². The van der Waals surface area contributed by atoms with Gasteiger partial charge in [-0.1, -0.05) is 42.5 Å². The number of thiazole rings is 1. The lowest BCUT2D eigenvalue weighted by Crippen LogP contribution is -2.42. The summed E-state index contributed by atoms with van der Waals surface area (Å²) in [5.74, 6) is -0.419. The molecule has 6 heteroatoms. The number of rotatable bonds is 6. The van der Waals surface area contributed by atoms with E-state index in [4.69, 9.17) is 0 Å². The smallest absolute Gasteiger partial charge is 0.254 e. The Balaban J connectivity index is 1.71. The summed E-state index contributed by atoms with van der Waals surface area (Å²) in [5.41, 5.74) is 2.71. The Morgan fingerprint density at radius 1 is 1.04 bits per heavy atom. The third-order valence-corrected chi connectivity index (χ3v) is 5.13. The number of amides is 2. The fraction of sp³-hybridized carbons (Fsp3) is 0.227. The maximum absolute atomic E-state index is 13.0. The van der Waals surface area contributed by atoms with Gasteiger partial charge in [0, 0.05) is 22.7 Å².